The summed E-state index contributed by atoms with van der Waals surface area (Å²) in [6, 6.07) is 7.78. The zero-order chi connectivity index (χ0) is 12.5. The maximum absolute atomic E-state index is 11.0. The minimum absolute atomic E-state index is 0.293. The van der Waals surface area contributed by atoms with Gasteiger partial charge in [0.15, 0.2) is 0 Å². The van der Waals surface area contributed by atoms with Gasteiger partial charge in [-0.3, -0.25) is 4.79 Å². The Balaban J connectivity index is 1.98. The van der Waals surface area contributed by atoms with Crippen LogP contribution in [0.1, 0.15) is 6.42 Å². The lowest BCUT2D eigenvalue weighted by Crippen LogP contribution is -2.23. The lowest BCUT2D eigenvalue weighted by molar-refractivity contribution is -0.140. The monoisotopic (exact) mass is 243 g/mol. The second-order valence-electron chi connectivity index (χ2n) is 4.48. The van der Waals surface area contributed by atoms with Gasteiger partial charge in [0.1, 0.15) is 12.1 Å². The van der Waals surface area contributed by atoms with Crippen LogP contribution in [0.2, 0.25) is 0 Å². The summed E-state index contributed by atoms with van der Waals surface area (Å²) in [6.07, 6.45) is 2.21. The summed E-state index contributed by atoms with van der Waals surface area (Å²) in [7, 11) is 0. The van der Waals surface area contributed by atoms with E-state index in [1.54, 1.807) is 0 Å². The fourth-order valence-electron chi connectivity index (χ4n) is 2.40. The zero-order valence-corrected chi connectivity index (χ0v) is 9.78. The van der Waals surface area contributed by atoms with Crippen LogP contribution >= 0.6 is 0 Å². The number of carboxylic acid groups (broad SMARTS) is 1. The number of benzene rings is 1. The molecule has 18 heavy (non-hydrogen) atoms. The molecule has 2 aromatic rings. The van der Waals surface area contributed by atoms with E-state index in [1.165, 1.54) is 6.33 Å². The summed E-state index contributed by atoms with van der Waals surface area (Å²) in [5.74, 6) is -0.182. The third-order valence-corrected chi connectivity index (χ3v) is 3.36. The summed E-state index contributed by atoms with van der Waals surface area (Å²) in [4.78, 5) is 21.5. The number of nitrogens with zero attached hydrogens (tertiary/aromatic N) is 3. The van der Waals surface area contributed by atoms with Crippen LogP contribution in [0.25, 0.3) is 10.9 Å². The molecular formula is C13H13N3O2. The Kier molecular flexibility index (Phi) is 2.59. The van der Waals surface area contributed by atoms with Crippen molar-refractivity contribution in [2.24, 2.45) is 5.92 Å². The van der Waals surface area contributed by atoms with Crippen molar-refractivity contribution in [1.82, 2.24) is 9.97 Å². The number of carboxylic acids is 1. The summed E-state index contributed by atoms with van der Waals surface area (Å²) in [5.41, 5.74) is 0.890. The smallest absolute Gasteiger partial charge is 0.308 e. The fraction of sp³-hybridized carbons (Fsp3) is 0.308. The van der Waals surface area contributed by atoms with E-state index in [0.29, 0.717) is 13.0 Å². The van der Waals surface area contributed by atoms with Crippen LogP contribution in [-0.2, 0) is 4.79 Å². The van der Waals surface area contributed by atoms with Crippen molar-refractivity contribution in [3.05, 3.63) is 30.6 Å². The molecule has 1 saturated heterocycles. The van der Waals surface area contributed by atoms with E-state index in [9.17, 15) is 4.79 Å². The Morgan fingerprint density at radius 2 is 2.17 bits per heavy atom. The van der Waals surface area contributed by atoms with Crippen molar-refractivity contribution in [3.63, 3.8) is 0 Å². The largest absolute Gasteiger partial charge is 0.481 e. The molecule has 2 heterocycles. The quantitative estimate of drug-likeness (QED) is 0.866. The second-order valence-corrected chi connectivity index (χ2v) is 4.48. The lowest BCUT2D eigenvalue weighted by atomic mass is 10.1. The first-order valence-electron chi connectivity index (χ1n) is 5.93. The van der Waals surface area contributed by atoms with Gasteiger partial charge in [0.2, 0.25) is 0 Å². The van der Waals surface area contributed by atoms with Crippen molar-refractivity contribution in [2.45, 2.75) is 6.42 Å². The maximum Gasteiger partial charge on any atom is 0.308 e. The van der Waals surface area contributed by atoms with Gasteiger partial charge in [-0.2, -0.15) is 0 Å². The minimum Gasteiger partial charge on any atom is -0.481 e. The maximum atomic E-state index is 11.0. The molecule has 1 aromatic carbocycles. The molecule has 1 atom stereocenters. The van der Waals surface area contributed by atoms with Gasteiger partial charge in [-0.05, 0) is 18.6 Å². The summed E-state index contributed by atoms with van der Waals surface area (Å²) in [6.45, 7) is 1.26. The van der Waals surface area contributed by atoms with Gasteiger partial charge < -0.3 is 10.0 Å². The average Bonchev–Trinajstić information content (AvgIpc) is 2.87. The fourth-order valence-corrected chi connectivity index (χ4v) is 2.40. The highest BCUT2D eigenvalue weighted by Crippen LogP contribution is 2.27. The number of carbonyl (C=O) groups is 1. The van der Waals surface area contributed by atoms with Crippen molar-refractivity contribution >= 4 is 22.7 Å². The molecule has 1 N–H and O–H groups in total. The van der Waals surface area contributed by atoms with Crippen molar-refractivity contribution in [2.75, 3.05) is 18.0 Å². The van der Waals surface area contributed by atoms with Crippen LogP contribution in [0.15, 0.2) is 30.6 Å². The van der Waals surface area contributed by atoms with Crippen LogP contribution in [0.3, 0.4) is 0 Å². The highest BCUT2D eigenvalue weighted by Gasteiger charge is 2.29. The summed E-state index contributed by atoms with van der Waals surface area (Å²) < 4.78 is 0. The molecule has 92 valence electrons. The van der Waals surface area contributed by atoms with E-state index in [1.807, 2.05) is 29.2 Å². The number of fused-ring (bicyclic) bond motifs is 1. The van der Waals surface area contributed by atoms with Crippen molar-refractivity contribution in [3.8, 4) is 0 Å². The molecule has 0 spiro atoms. The predicted octanol–water partition coefficient (Wildman–Crippen LogP) is 1.54. The molecule has 1 aliphatic heterocycles. The van der Waals surface area contributed by atoms with E-state index < -0.39 is 5.97 Å². The third-order valence-electron chi connectivity index (χ3n) is 3.36. The average molecular weight is 243 g/mol. The molecule has 0 saturated carbocycles. The van der Waals surface area contributed by atoms with Gasteiger partial charge >= 0.3 is 5.97 Å². The zero-order valence-electron chi connectivity index (χ0n) is 9.78. The first kappa shape index (κ1) is 11.0. The highest BCUT2D eigenvalue weighted by molar-refractivity contribution is 5.89. The number of aromatic nitrogens is 2. The Hall–Kier alpha value is -2.17. The number of anilines is 1. The molecule has 5 nitrogen and oxygen atoms in total. The molecule has 1 aromatic heterocycles. The normalized spacial score (nSPS) is 19.3. The summed E-state index contributed by atoms with van der Waals surface area (Å²) >= 11 is 0. The molecule has 0 bridgehead atoms. The Labute approximate surface area is 104 Å². The topological polar surface area (TPSA) is 66.3 Å². The van der Waals surface area contributed by atoms with Gasteiger partial charge in [-0.1, -0.05) is 12.1 Å². The van der Waals surface area contributed by atoms with Gasteiger partial charge in [0.05, 0.1) is 11.4 Å². The lowest BCUT2D eigenvalue weighted by Gasteiger charge is -2.18. The molecular weight excluding hydrogens is 230 g/mol. The number of para-hydroxylation sites is 1. The number of hydrogen-bond acceptors (Lipinski definition) is 4. The van der Waals surface area contributed by atoms with E-state index >= 15 is 0 Å². The Morgan fingerprint density at radius 3 is 2.94 bits per heavy atom. The second kappa shape index (κ2) is 4.25. The van der Waals surface area contributed by atoms with Gasteiger partial charge in [-0.15, -0.1) is 0 Å². The molecule has 0 amide bonds. The molecule has 1 aliphatic rings. The Bertz CT molecular complexity index is 594. The number of aliphatic carboxylic acids is 1. The van der Waals surface area contributed by atoms with E-state index in [0.717, 1.165) is 23.3 Å². The molecule has 5 heteroatoms. The SMILES string of the molecule is O=C(O)[C@H]1CCN(c2ncnc3ccccc23)C1. The van der Waals surface area contributed by atoms with Crippen LogP contribution in [0.5, 0.6) is 0 Å². The van der Waals surface area contributed by atoms with E-state index in [4.69, 9.17) is 5.11 Å². The third kappa shape index (κ3) is 1.77. The Morgan fingerprint density at radius 1 is 1.33 bits per heavy atom. The van der Waals surface area contributed by atoms with Crippen LogP contribution < -0.4 is 4.90 Å². The predicted molar refractivity (Wildman–Crippen MR) is 67.5 cm³/mol. The van der Waals surface area contributed by atoms with Gasteiger partial charge in [0.25, 0.3) is 0 Å². The van der Waals surface area contributed by atoms with Crippen LogP contribution in [0, 0.1) is 5.92 Å². The van der Waals surface area contributed by atoms with Crippen molar-refractivity contribution in [1.29, 1.82) is 0 Å². The van der Waals surface area contributed by atoms with Crippen LogP contribution in [0.4, 0.5) is 5.82 Å². The van der Waals surface area contributed by atoms with Gasteiger partial charge in [0, 0.05) is 18.5 Å². The number of rotatable bonds is 2. The molecule has 3 rings (SSSR count). The van der Waals surface area contributed by atoms with Gasteiger partial charge in [-0.25, -0.2) is 9.97 Å². The van der Waals surface area contributed by atoms with E-state index in [2.05, 4.69) is 9.97 Å². The van der Waals surface area contributed by atoms with E-state index in [-0.39, 0.29) is 5.92 Å². The standard InChI is InChI=1S/C13H13N3O2/c17-13(18)9-5-6-16(7-9)12-10-3-1-2-4-11(10)14-8-15-12/h1-4,8-9H,5-7H2,(H,17,18)/t9-/m0/s1. The summed E-state index contributed by atoms with van der Waals surface area (Å²) in [5, 5.41) is 10.0. The highest BCUT2D eigenvalue weighted by atomic mass is 16.4. The molecule has 0 aliphatic carbocycles. The van der Waals surface area contributed by atoms with Crippen molar-refractivity contribution < 1.29 is 9.90 Å². The number of hydrogen-bond donors (Lipinski definition) is 1. The minimum atomic E-state index is -0.726. The molecule has 1 fully saturated rings. The first-order valence-corrected chi connectivity index (χ1v) is 5.93. The van der Waals surface area contributed by atoms with Crippen LogP contribution in [-0.4, -0.2) is 34.1 Å². The molecule has 0 radical (unpaired) electrons. The molecule has 0 unspecified atom stereocenters. The first-order chi connectivity index (χ1) is 8.75.